The number of nitrogens with zero attached hydrogens (tertiary/aromatic N) is 1. The van der Waals surface area contributed by atoms with Crippen LogP contribution in [0.2, 0.25) is 0 Å². The van der Waals surface area contributed by atoms with E-state index in [4.69, 9.17) is 4.74 Å². The summed E-state index contributed by atoms with van der Waals surface area (Å²) in [6, 6.07) is 16.8. The second-order valence-electron chi connectivity index (χ2n) is 7.66. The van der Waals surface area contributed by atoms with Crippen molar-refractivity contribution < 1.29 is 17.9 Å². The van der Waals surface area contributed by atoms with Crippen molar-refractivity contribution >= 4 is 15.9 Å². The molecule has 1 aliphatic heterocycles. The molecule has 3 rings (SSSR count). The predicted molar refractivity (Wildman–Crippen MR) is 118 cm³/mol. The molecule has 0 spiro atoms. The fourth-order valence-electron chi connectivity index (χ4n) is 3.82. The first-order chi connectivity index (χ1) is 14.4. The number of sulfonamides is 1. The molecule has 0 unspecified atom stereocenters. The van der Waals surface area contributed by atoms with Crippen molar-refractivity contribution in [2.24, 2.45) is 5.92 Å². The highest BCUT2D eigenvalue weighted by atomic mass is 32.2. The number of hydrogen-bond donors (Lipinski definition) is 1. The maximum atomic E-state index is 12.8. The first kappa shape index (κ1) is 22.3. The molecule has 0 bridgehead atoms. The molecule has 2 aromatic carbocycles. The second kappa shape index (κ2) is 10.1. The van der Waals surface area contributed by atoms with Gasteiger partial charge in [0, 0.05) is 19.0 Å². The zero-order valence-corrected chi connectivity index (χ0v) is 18.4. The van der Waals surface area contributed by atoms with E-state index in [1.54, 1.807) is 7.11 Å². The molecular weight excluding hydrogens is 400 g/mol. The quantitative estimate of drug-likeness (QED) is 0.695. The van der Waals surface area contributed by atoms with E-state index in [2.05, 4.69) is 5.32 Å². The van der Waals surface area contributed by atoms with E-state index in [0.717, 1.165) is 23.3 Å². The van der Waals surface area contributed by atoms with Crippen LogP contribution in [-0.4, -0.2) is 38.8 Å². The van der Waals surface area contributed by atoms with Crippen molar-refractivity contribution in [1.29, 1.82) is 0 Å². The van der Waals surface area contributed by atoms with Crippen LogP contribution < -0.4 is 10.1 Å². The summed E-state index contributed by atoms with van der Waals surface area (Å²) in [6.45, 7) is 2.80. The average molecular weight is 431 g/mol. The van der Waals surface area contributed by atoms with E-state index in [9.17, 15) is 13.2 Å². The minimum Gasteiger partial charge on any atom is -0.497 e. The third-order valence-corrected chi connectivity index (χ3v) is 7.50. The zero-order chi connectivity index (χ0) is 21.6. The van der Waals surface area contributed by atoms with Crippen molar-refractivity contribution in [3.63, 3.8) is 0 Å². The minimum absolute atomic E-state index is 0.0000809. The summed E-state index contributed by atoms with van der Waals surface area (Å²) in [5.41, 5.74) is 1.82. The Balaban J connectivity index is 1.55. The fraction of sp³-hybridized carbons (Fsp3) is 0.435. The molecule has 6 nitrogen and oxygen atoms in total. The van der Waals surface area contributed by atoms with E-state index < -0.39 is 10.0 Å². The molecule has 162 valence electrons. The van der Waals surface area contributed by atoms with Crippen LogP contribution in [0.4, 0.5) is 0 Å². The summed E-state index contributed by atoms with van der Waals surface area (Å²) >= 11 is 0. The van der Waals surface area contributed by atoms with Crippen LogP contribution in [0.5, 0.6) is 5.75 Å². The van der Waals surface area contributed by atoms with Crippen LogP contribution in [0, 0.1) is 5.92 Å². The summed E-state index contributed by atoms with van der Waals surface area (Å²) in [5, 5.41) is 3.14. The van der Waals surface area contributed by atoms with Gasteiger partial charge < -0.3 is 10.1 Å². The lowest BCUT2D eigenvalue weighted by atomic mass is 9.95. The number of ether oxygens (including phenoxy) is 1. The maximum absolute atomic E-state index is 12.8. The monoisotopic (exact) mass is 430 g/mol. The second-order valence-corrected chi connectivity index (χ2v) is 9.63. The summed E-state index contributed by atoms with van der Waals surface area (Å²) in [6.07, 6.45) is 1.86. The fourth-order valence-corrected chi connectivity index (χ4v) is 5.38. The van der Waals surface area contributed by atoms with Crippen LogP contribution in [-0.2, 0) is 20.6 Å². The largest absolute Gasteiger partial charge is 0.497 e. The van der Waals surface area contributed by atoms with Gasteiger partial charge in [0.05, 0.1) is 18.9 Å². The van der Waals surface area contributed by atoms with Gasteiger partial charge >= 0.3 is 0 Å². The normalized spacial score (nSPS) is 16.7. The molecule has 0 radical (unpaired) electrons. The Morgan fingerprint density at radius 3 is 2.30 bits per heavy atom. The van der Waals surface area contributed by atoms with Crippen molar-refractivity contribution in [1.82, 2.24) is 9.62 Å². The molecule has 30 heavy (non-hydrogen) atoms. The number of amides is 1. The number of methoxy groups -OCH3 is 1. The summed E-state index contributed by atoms with van der Waals surface area (Å²) in [5.74, 6) is 0.613. The van der Waals surface area contributed by atoms with Gasteiger partial charge in [-0.2, -0.15) is 0 Å². The highest BCUT2D eigenvalue weighted by Gasteiger charge is 2.31. The van der Waals surface area contributed by atoms with Gasteiger partial charge in [-0.3, -0.25) is 4.79 Å². The number of benzene rings is 2. The van der Waals surface area contributed by atoms with E-state index in [1.807, 2.05) is 61.5 Å². The molecule has 1 heterocycles. The van der Waals surface area contributed by atoms with Crippen molar-refractivity contribution in [2.75, 3.05) is 20.2 Å². The van der Waals surface area contributed by atoms with Crippen LogP contribution in [0.25, 0.3) is 0 Å². The number of carbonyl (C=O) groups excluding carboxylic acids is 1. The number of rotatable bonds is 8. The zero-order valence-electron chi connectivity index (χ0n) is 17.6. The van der Waals surface area contributed by atoms with Crippen LogP contribution >= 0.6 is 0 Å². The molecule has 1 fully saturated rings. The Morgan fingerprint density at radius 1 is 1.10 bits per heavy atom. The van der Waals surface area contributed by atoms with Gasteiger partial charge in [0.25, 0.3) is 0 Å². The number of hydrogen-bond acceptors (Lipinski definition) is 4. The third-order valence-electron chi connectivity index (χ3n) is 5.65. The lowest BCUT2D eigenvalue weighted by molar-refractivity contribution is -0.126. The SMILES string of the molecule is CC[C@H](NC(=O)C1CCN(S(=O)(=O)Cc2ccccc2)CC1)c1ccc(OC)cc1. The predicted octanol–water partition coefficient (Wildman–Crippen LogP) is 3.50. The lowest BCUT2D eigenvalue weighted by Crippen LogP contribution is -2.44. The van der Waals surface area contributed by atoms with Crippen LogP contribution in [0.1, 0.15) is 43.4 Å². The Bertz CT molecular complexity index is 921. The van der Waals surface area contributed by atoms with Crippen molar-refractivity contribution in [2.45, 2.75) is 38.0 Å². The van der Waals surface area contributed by atoms with Crippen LogP contribution in [0.3, 0.4) is 0 Å². The Labute approximate surface area is 179 Å². The van der Waals surface area contributed by atoms with Gasteiger partial charge in [-0.05, 0) is 42.5 Å². The molecule has 1 atom stereocenters. The van der Waals surface area contributed by atoms with Crippen molar-refractivity contribution in [3.8, 4) is 5.75 Å². The topological polar surface area (TPSA) is 75.7 Å². The number of carbonyl (C=O) groups is 1. The lowest BCUT2D eigenvalue weighted by Gasteiger charge is -2.31. The average Bonchev–Trinajstić information content (AvgIpc) is 2.78. The van der Waals surface area contributed by atoms with Crippen LogP contribution in [0.15, 0.2) is 54.6 Å². The number of piperidine rings is 1. The summed E-state index contributed by atoms with van der Waals surface area (Å²) in [4.78, 5) is 12.8. The van der Waals surface area contributed by atoms with Gasteiger partial charge in [0.2, 0.25) is 15.9 Å². The highest BCUT2D eigenvalue weighted by Crippen LogP contribution is 2.25. The Morgan fingerprint density at radius 2 is 1.73 bits per heavy atom. The standard InChI is InChI=1S/C23H30N2O4S/c1-3-22(19-9-11-21(29-2)12-10-19)24-23(26)20-13-15-25(16-14-20)30(27,28)17-18-7-5-4-6-8-18/h4-12,20,22H,3,13-17H2,1-2H3,(H,24,26)/t22-/m0/s1. The first-order valence-corrected chi connectivity index (χ1v) is 12.0. The van der Waals surface area contributed by atoms with E-state index in [0.29, 0.717) is 25.9 Å². The highest BCUT2D eigenvalue weighted by molar-refractivity contribution is 7.88. The van der Waals surface area contributed by atoms with E-state index in [-0.39, 0.29) is 23.6 Å². The molecule has 7 heteroatoms. The number of nitrogens with one attached hydrogen (secondary N) is 1. The van der Waals surface area contributed by atoms with Crippen molar-refractivity contribution in [3.05, 3.63) is 65.7 Å². The molecule has 2 aromatic rings. The maximum Gasteiger partial charge on any atom is 0.223 e. The molecule has 1 aliphatic rings. The van der Waals surface area contributed by atoms with Gasteiger partial charge in [-0.1, -0.05) is 49.4 Å². The molecule has 1 amide bonds. The molecule has 1 N–H and O–H groups in total. The summed E-state index contributed by atoms with van der Waals surface area (Å²) in [7, 11) is -1.75. The molecule has 1 saturated heterocycles. The molecular formula is C23H30N2O4S. The molecule has 0 aliphatic carbocycles. The van der Waals surface area contributed by atoms with Gasteiger partial charge in [-0.25, -0.2) is 12.7 Å². The minimum atomic E-state index is -3.37. The molecule has 0 saturated carbocycles. The molecule has 0 aromatic heterocycles. The third kappa shape index (κ3) is 5.61. The van der Waals surface area contributed by atoms with E-state index >= 15 is 0 Å². The van der Waals surface area contributed by atoms with E-state index in [1.165, 1.54) is 4.31 Å². The smallest absolute Gasteiger partial charge is 0.223 e. The Hall–Kier alpha value is -2.38. The Kier molecular flexibility index (Phi) is 7.50. The first-order valence-electron chi connectivity index (χ1n) is 10.4. The summed E-state index contributed by atoms with van der Waals surface area (Å²) < 4.78 is 32.1. The van der Waals surface area contributed by atoms with Gasteiger partial charge in [-0.15, -0.1) is 0 Å². The van der Waals surface area contributed by atoms with Gasteiger partial charge in [0.15, 0.2) is 0 Å². The van der Waals surface area contributed by atoms with Gasteiger partial charge in [0.1, 0.15) is 5.75 Å².